The zero-order valence-electron chi connectivity index (χ0n) is 11.6. The topological polar surface area (TPSA) is 70.5 Å². The van der Waals surface area contributed by atoms with Gasteiger partial charge in [-0.3, -0.25) is 0 Å². The van der Waals surface area contributed by atoms with Crippen LogP contribution in [0.25, 0.3) is 22.2 Å². The summed E-state index contributed by atoms with van der Waals surface area (Å²) in [5, 5.41) is 0. The molecule has 0 spiro atoms. The highest BCUT2D eigenvalue weighted by Gasteiger charge is 2.07. The van der Waals surface area contributed by atoms with Crippen molar-refractivity contribution in [2.45, 2.75) is 0 Å². The highest BCUT2D eigenvalue weighted by atomic mass is 16.5. The van der Waals surface area contributed by atoms with E-state index in [4.69, 9.17) is 18.3 Å². The Morgan fingerprint density at radius 1 is 0.727 bits per heavy atom. The van der Waals surface area contributed by atoms with Crippen molar-refractivity contribution in [3.05, 3.63) is 49.2 Å². The monoisotopic (exact) mass is 296 g/mol. The predicted octanol–water partition coefficient (Wildman–Crippen LogP) is 3.43. The van der Waals surface area contributed by atoms with Crippen LogP contribution in [0.3, 0.4) is 0 Å². The van der Waals surface area contributed by atoms with Crippen molar-refractivity contribution in [2.24, 2.45) is 0 Å². The second kappa shape index (κ2) is 5.40. The molecule has 22 heavy (non-hydrogen) atoms. The zero-order valence-corrected chi connectivity index (χ0v) is 11.6. The van der Waals surface area contributed by atoms with E-state index in [1.165, 1.54) is 12.8 Å². The lowest BCUT2D eigenvalue weighted by Crippen LogP contribution is -2.09. The molecule has 0 saturated carbocycles. The molecule has 0 fully saturated rings. The first-order valence-corrected chi connectivity index (χ1v) is 6.82. The number of fused-ring (bicyclic) bond motifs is 2. The number of para-hydroxylation sites is 2. The lowest BCUT2D eigenvalue weighted by molar-refractivity contribution is 0.220. The summed E-state index contributed by atoms with van der Waals surface area (Å²) in [4.78, 5) is 8.27. The first-order chi connectivity index (χ1) is 10.9. The van der Waals surface area contributed by atoms with E-state index < -0.39 is 0 Å². The third-order valence-electron chi connectivity index (χ3n) is 3.25. The average molecular weight is 296 g/mol. The minimum absolute atomic E-state index is 0.389. The van der Waals surface area contributed by atoms with Crippen LogP contribution in [0.1, 0.15) is 0 Å². The first kappa shape index (κ1) is 12.7. The molecular formula is C16H12N2O4. The standard InChI is InChI=1S/C16H12N2O4/c1-3-11(15-13(5-1)21-9-17-15)19-7-8-20-12-4-2-6-14-16(12)18-10-22-14/h1-6,9-10H,7-8H2. The van der Waals surface area contributed by atoms with Crippen molar-refractivity contribution in [1.82, 2.24) is 9.97 Å². The number of ether oxygens (including phenoxy) is 2. The lowest BCUT2D eigenvalue weighted by Gasteiger charge is -2.08. The fraction of sp³-hybridized carbons (Fsp3) is 0.125. The molecule has 2 aromatic carbocycles. The largest absolute Gasteiger partial charge is 0.488 e. The Labute approximate surface area is 125 Å². The third-order valence-corrected chi connectivity index (χ3v) is 3.25. The van der Waals surface area contributed by atoms with Crippen molar-refractivity contribution < 1.29 is 18.3 Å². The van der Waals surface area contributed by atoms with Gasteiger partial charge in [0.15, 0.2) is 35.0 Å². The van der Waals surface area contributed by atoms with Crippen LogP contribution in [0.5, 0.6) is 11.5 Å². The molecule has 0 saturated heterocycles. The van der Waals surface area contributed by atoms with E-state index >= 15 is 0 Å². The van der Waals surface area contributed by atoms with Gasteiger partial charge >= 0.3 is 0 Å². The Kier molecular flexibility index (Phi) is 3.12. The van der Waals surface area contributed by atoms with Crippen LogP contribution in [-0.4, -0.2) is 23.2 Å². The van der Waals surface area contributed by atoms with Crippen molar-refractivity contribution in [3.63, 3.8) is 0 Å². The number of rotatable bonds is 5. The van der Waals surface area contributed by atoms with Crippen LogP contribution >= 0.6 is 0 Å². The summed E-state index contributed by atoms with van der Waals surface area (Å²) in [6.45, 7) is 0.778. The number of nitrogens with zero attached hydrogens (tertiary/aromatic N) is 2. The SMILES string of the molecule is c1cc(OCCOc2cccc3ocnc23)c2ncoc2c1. The number of benzene rings is 2. The van der Waals surface area contributed by atoms with E-state index in [1.807, 2.05) is 36.4 Å². The van der Waals surface area contributed by atoms with E-state index in [9.17, 15) is 0 Å². The van der Waals surface area contributed by atoms with Crippen molar-refractivity contribution >= 4 is 22.2 Å². The Bertz CT molecular complexity index is 836. The second-order valence-electron chi connectivity index (χ2n) is 4.61. The quantitative estimate of drug-likeness (QED) is 0.525. The number of hydrogen-bond acceptors (Lipinski definition) is 6. The maximum Gasteiger partial charge on any atom is 0.182 e. The van der Waals surface area contributed by atoms with Gasteiger partial charge in [-0.15, -0.1) is 0 Å². The van der Waals surface area contributed by atoms with Crippen LogP contribution < -0.4 is 9.47 Å². The lowest BCUT2D eigenvalue weighted by atomic mass is 10.3. The van der Waals surface area contributed by atoms with E-state index in [0.29, 0.717) is 46.9 Å². The molecule has 4 rings (SSSR count). The Hall–Kier alpha value is -3.02. The van der Waals surface area contributed by atoms with Crippen LogP contribution in [0.2, 0.25) is 0 Å². The van der Waals surface area contributed by atoms with E-state index in [1.54, 1.807) is 0 Å². The van der Waals surface area contributed by atoms with Crippen LogP contribution in [0.15, 0.2) is 58.0 Å². The minimum atomic E-state index is 0.389. The second-order valence-corrected chi connectivity index (χ2v) is 4.61. The average Bonchev–Trinajstić information content (AvgIpc) is 3.20. The maximum absolute atomic E-state index is 5.70. The molecule has 0 N–H and O–H groups in total. The fourth-order valence-electron chi connectivity index (χ4n) is 2.26. The summed E-state index contributed by atoms with van der Waals surface area (Å²) in [5.74, 6) is 1.35. The smallest absolute Gasteiger partial charge is 0.182 e. The summed E-state index contributed by atoms with van der Waals surface area (Å²) in [6.07, 6.45) is 2.80. The highest BCUT2D eigenvalue weighted by Crippen LogP contribution is 2.25. The number of oxazole rings is 2. The molecule has 0 radical (unpaired) electrons. The van der Waals surface area contributed by atoms with Gasteiger partial charge in [0, 0.05) is 0 Å². The minimum Gasteiger partial charge on any atom is -0.488 e. The molecule has 0 aliphatic heterocycles. The summed E-state index contributed by atoms with van der Waals surface area (Å²) in [6, 6.07) is 11.1. The highest BCUT2D eigenvalue weighted by molar-refractivity contribution is 5.79. The maximum atomic E-state index is 5.70. The van der Waals surface area contributed by atoms with Gasteiger partial charge in [-0.05, 0) is 24.3 Å². The zero-order chi connectivity index (χ0) is 14.8. The number of aromatic nitrogens is 2. The molecule has 0 unspecified atom stereocenters. The van der Waals surface area contributed by atoms with Crippen molar-refractivity contribution in [2.75, 3.05) is 13.2 Å². The van der Waals surface area contributed by atoms with Gasteiger partial charge in [0.1, 0.15) is 24.7 Å². The Morgan fingerprint density at radius 2 is 1.23 bits per heavy atom. The van der Waals surface area contributed by atoms with Crippen LogP contribution in [0, 0.1) is 0 Å². The van der Waals surface area contributed by atoms with Crippen molar-refractivity contribution in [1.29, 1.82) is 0 Å². The van der Waals surface area contributed by atoms with E-state index in [0.717, 1.165) is 0 Å². The van der Waals surface area contributed by atoms with E-state index in [-0.39, 0.29) is 0 Å². The predicted molar refractivity (Wildman–Crippen MR) is 79.0 cm³/mol. The first-order valence-electron chi connectivity index (χ1n) is 6.82. The fourth-order valence-corrected chi connectivity index (χ4v) is 2.26. The van der Waals surface area contributed by atoms with Gasteiger partial charge in [-0.25, -0.2) is 9.97 Å². The molecule has 2 aromatic heterocycles. The van der Waals surface area contributed by atoms with Crippen LogP contribution in [0.4, 0.5) is 0 Å². The van der Waals surface area contributed by atoms with Crippen LogP contribution in [-0.2, 0) is 0 Å². The van der Waals surface area contributed by atoms with Gasteiger partial charge in [-0.2, -0.15) is 0 Å². The summed E-state index contributed by atoms with van der Waals surface area (Å²) in [5.41, 5.74) is 2.82. The molecule has 0 bridgehead atoms. The molecule has 2 heterocycles. The van der Waals surface area contributed by atoms with Gasteiger partial charge in [-0.1, -0.05) is 12.1 Å². The van der Waals surface area contributed by atoms with E-state index in [2.05, 4.69) is 9.97 Å². The molecule has 110 valence electrons. The van der Waals surface area contributed by atoms with Gasteiger partial charge < -0.3 is 18.3 Å². The molecule has 4 aromatic rings. The molecule has 0 aliphatic rings. The Balaban J connectivity index is 1.41. The van der Waals surface area contributed by atoms with Crippen molar-refractivity contribution in [3.8, 4) is 11.5 Å². The summed E-state index contributed by atoms with van der Waals surface area (Å²) < 4.78 is 21.9. The van der Waals surface area contributed by atoms with Gasteiger partial charge in [0.05, 0.1) is 0 Å². The molecule has 0 aliphatic carbocycles. The normalized spacial score (nSPS) is 11.1. The van der Waals surface area contributed by atoms with Gasteiger partial charge in [0.25, 0.3) is 0 Å². The molecule has 6 nitrogen and oxygen atoms in total. The molecule has 0 atom stereocenters. The van der Waals surface area contributed by atoms with Gasteiger partial charge in [0.2, 0.25) is 0 Å². The molecule has 0 amide bonds. The summed E-state index contributed by atoms with van der Waals surface area (Å²) >= 11 is 0. The summed E-state index contributed by atoms with van der Waals surface area (Å²) in [7, 11) is 0. The third kappa shape index (κ3) is 2.24. The molecular weight excluding hydrogens is 284 g/mol. The Morgan fingerprint density at radius 3 is 1.73 bits per heavy atom. The molecule has 6 heteroatoms. The number of hydrogen-bond donors (Lipinski definition) is 0.